The van der Waals surface area contributed by atoms with Crippen LogP contribution < -0.4 is 16.0 Å². The van der Waals surface area contributed by atoms with E-state index in [0.717, 1.165) is 4.88 Å². The van der Waals surface area contributed by atoms with Gasteiger partial charge < -0.3 is 25.7 Å². The smallest absolute Gasteiger partial charge is 0.267 e. The molecule has 1 aliphatic rings. The van der Waals surface area contributed by atoms with Gasteiger partial charge in [-0.3, -0.25) is 19.8 Å². The third-order valence-electron chi connectivity index (χ3n) is 6.10. The molecule has 3 atom stereocenters. The molecule has 38 heavy (non-hydrogen) atoms. The van der Waals surface area contributed by atoms with Crippen LogP contribution in [0.5, 0.6) is 0 Å². The molecule has 12 heteroatoms. The van der Waals surface area contributed by atoms with E-state index in [1.165, 1.54) is 25.2 Å². The molecule has 3 rings (SSSR count). The van der Waals surface area contributed by atoms with Crippen LogP contribution in [-0.2, 0) is 27.3 Å². The van der Waals surface area contributed by atoms with Gasteiger partial charge in [-0.05, 0) is 30.4 Å². The minimum atomic E-state index is -3.34. The lowest BCUT2D eigenvalue weighted by molar-refractivity contribution is -0.147. The summed E-state index contributed by atoms with van der Waals surface area (Å²) in [4.78, 5) is 40.5. The van der Waals surface area contributed by atoms with Gasteiger partial charge in [-0.1, -0.05) is 36.4 Å². The van der Waals surface area contributed by atoms with E-state index in [4.69, 9.17) is 5.41 Å². The van der Waals surface area contributed by atoms with Crippen LogP contribution in [0.4, 0.5) is 8.78 Å². The van der Waals surface area contributed by atoms with Gasteiger partial charge in [0.1, 0.15) is 17.4 Å². The van der Waals surface area contributed by atoms with Crippen LogP contribution >= 0.6 is 11.3 Å². The molecule has 0 unspecified atom stereocenters. The van der Waals surface area contributed by atoms with Crippen LogP contribution in [0.3, 0.4) is 0 Å². The molecule has 0 spiro atoms. The molecule has 6 N–H and O–H groups in total. The van der Waals surface area contributed by atoms with Gasteiger partial charge in [0.05, 0.1) is 19.1 Å². The number of alkyl halides is 2. The molecule has 0 aliphatic carbocycles. The summed E-state index contributed by atoms with van der Waals surface area (Å²) < 4.78 is 28.8. The fourth-order valence-electron chi connectivity index (χ4n) is 4.31. The lowest BCUT2D eigenvalue weighted by Gasteiger charge is -2.30. The van der Waals surface area contributed by atoms with Crippen molar-refractivity contribution in [3.8, 4) is 0 Å². The lowest BCUT2D eigenvalue weighted by atomic mass is 9.98. The molecule has 0 bridgehead atoms. The first kappa shape index (κ1) is 28.9. The SMILES string of the molecule is CC(=[NH2+])/C(C(=O)N[C@@H](Cc1ccccc1)[C@H](O)C(=O)N1CC(F)(F)C[C@H]1C(=O)NCc1cccs1)=C(/C)O. The second-order valence-corrected chi connectivity index (χ2v) is 10.2. The summed E-state index contributed by atoms with van der Waals surface area (Å²) in [6, 6.07) is 9.38. The molecule has 1 saturated heterocycles. The van der Waals surface area contributed by atoms with Crippen molar-refractivity contribution in [2.75, 3.05) is 6.54 Å². The van der Waals surface area contributed by atoms with Gasteiger partial charge in [-0.2, -0.15) is 0 Å². The van der Waals surface area contributed by atoms with Crippen molar-refractivity contribution in [1.29, 1.82) is 0 Å². The lowest BCUT2D eigenvalue weighted by Crippen LogP contribution is -2.56. The minimum absolute atomic E-state index is 0.00318. The van der Waals surface area contributed by atoms with Gasteiger partial charge in [0.25, 0.3) is 17.7 Å². The van der Waals surface area contributed by atoms with Crippen LogP contribution in [0, 0.1) is 0 Å². The molecule has 2 heterocycles. The Morgan fingerprint density at radius 3 is 2.45 bits per heavy atom. The maximum absolute atomic E-state index is 14.4. The number of amides is 3. The van der Waals surface area contributed by atoms with E-state index >= 15 is 0 Å². The van der Waals surface area contributed by atoms with E-state index in [0.29, 0.717) is 10.5 Å². The summed E-state index contributed by atoms with van der Waals surface area (Å²) in [6.07, 6.45) is -2.91. The molecule has 1 aromatic heterocycles. The number of benzene rings is 1. The van der Waals surface area contributed by atoms with Crippen LogP contribution in [0.15, 0.2) is 59.2 Å². The van der Waals surface area contributed by atoms with Gasteiger partial charge in [0.15, 0.2) is 11.8 Å². The number of likely N-dealkylation sites (tertiary alicyclic amines) is 1. The van der Waals surface area contributed by atoms with Crippen LogP contribution in [0.1, 0.15) is 30.7 Å². The minimum Gasteiger partial charge on any atom is -0.512 e. The maximum atomic E-state index is 14.4. The van der Waals surface area contributed by atoms with Crippen molar-refractivity contribution < 1.29 is 38.8 Å². The Morgan fingerprint density at radius 2 is 1.87 bits per heavy atom. The molecule has 204 valence electrons. The van der Waals surface area contributed by atoms with E-state index < -0.39 is 54.8 Å². The topological polar surface area (TPSA) is 145 Å². The zero-order chi connectivity index (χ0) is 28.0. The first-order valence-corrected chi connectivity index (χ1v) is 12.8. The Balaban J connectivity index is 1.84. The number of hydrogen-bond donors (Lipinski definition) is 5. The predicted molar refractivity (Wildman–Crippen MR) is 137 cm³/mol. The number of nitrogens with zero attached hydrogens (tertiary/aromatic N) is 1. The number of nitrogens with one attached hydrogen (secondary N) is 2. The summed E-state index contributed by atoms with van der Waals surface area (Å²) in [7, 11) is 0. The molecule has 9 nitrogen and oxygen atoms in total. The number of rotatable bonds is 10. The predicted octanol–water partition coefficient (Wildman–Crippen LogP) is 0.741. The Labute approximate surface area is 222 Å². The maximum Gasteiger partial charge on any atom is 0.267 e. The average molecular weight is 550 g/mol. The van der Waals surface area contributed by atoms with Crippen LogP contribution in [-0.4, -0.2) is 69.2 Å². The van der Waals surface area contributed by atoms with E-state index in [9.17, 15) is 33.4 Å². The highest BCUT2D eigenvalue weighted by Crippen LogP contribution is 2.33. The first-order chi connectivity index (χ1) is 17.9. The molecular formula is C26H31F2N4O5S+. The van der Waals surface area contributed by atoms with Crippen LogP contribution in [0.25, 0.3) is 0 Å². The summed E-state index contributed by atoms with van der Waals surface area (Å²) >= 11 is 1.38. The second kappa shape index (κ2) is 12.3. The van der Waals surface area contributed by atoms with Crippen molar-refractivity contribution in [1.82, 2.24) is 15.5 Å². The molecular weight excluding hydrogens is 518 g/mol. The monoisotopic (exact) mass is 549 g/mol. The summed E-state index contributed by atoms with van der Waals surface area (Å²) in [5.41, 5.74) is 0.408. The standard InChI is InChI=1S/C26H30F2N4O5S/c1-15(29)21(16(2)33)24(36)31-19(11-17-7-4-3-5-8-17)22(34)25(37)32-14-26(27,28)12-20(32)23(35)30-13-18-9-6-10-38-18/h3-10,19-20,22,29,33-34H,11-14H2,1-2H3,(H,30,35)(H,31,36)/p+1/b21-16+,29-15?/t19-,20-,22-/m0/s1. The summed E-state index contributed by atoms with van der Waals surface area (Å²) in [5.74, 6) is -6.46. The van der Waals surface area contributed by atoms with E-state index in [2.05, 4.69) is 10.6 Å². The number of aliphatic hydroxyl groups excluding tert-OH is 2. The number of halogens is 2. The number of thiophene rings is 1. The zero-order valence-electron chi connectivity index (χ0n) is 21.0. The quantitative estimate of drug-likeness (QED) is 0.169. The largest absolute Gasteiger partial charge is 0.512 e. The third kappa shape index (κ3) is 7.23. The number of nitrogens with two attached hydrogens (primary N) is 1. The van der Waals surface area contributed by atoms with Crippen molar-refractivity contribution in [3.63, 3.8) is 0 Å². The highest BCUT2D eigenvalue weighted by molar-refractivity contribution is 7.09. The summed E-state index contributed by atoms with van der Waals surface area (Å²) in [5, 5.41) is 33.6. The normalized spacial score (nSPS) is 18.8. The van der Waals surface area contributed by atoms with Gasteiger partial charge >= 0.3 is 0 Å². The van der Waals surface area contributed by atoms with Gasteiger partial charge in [0.2, 0.25) is 5.91 Å². The second-order valence-electron chi connectivity index (χ2n) is 9.20. The van der Waals surface area contributed by atoms with Crippen molar-refractivity contribution in [2.24, 2.45) is 0 Å². The molecule has 3 amide bonds. The molecule has 1 aliphatic heterocycles. The van der Waals surface area contributed by atoms with Crippen LogP contribution in [0.2, 0.25) is 0 Å². The molecule has 1 aromatic carbocycles. The Bertz CT molecular complexity index is 1200. The molecule has 2 aromatic rings. The van der Waals surface area contributed by atoms with E-state index in [1.807, 2.05) is 0 Å². The number of aliphatic hydroxyl groups is 2. The first-order valence-electron chi connectivity index (χ1n) is 11.9. The Kier molecular flexibility index (Phi) is 9.34. The van der Waals surface area contributed by atoms with Gasteiger partial charge in [0, 0.05) is 18.2 Å². The highest BCUT2D eigenvalue weighted by atomic mass is 32.1. The molecule has 0 saturated carbocycles. The molecule has 1 fully saturated rings. The highest BCUT2D eigenvalue weighted by Gasteiger charge is 2.51. The van der Waals surface area contributed by atoms with Gasteiger partial charge in [-0.25, -0.2) is 8.78 Å². The fourth-order valence-corrected chi connectivity index (χ4v) is 4.95. The number of hydrogen-bond acceptors (Lipinski definition) is 6. The van der Waals surface area contributed by atoms with Crippen molar-refractivity contribution >= 4 is 34.8 Å². The fraction of sp³-hybridized carbons (Fsp3) is 0.385. The third-order valence-corrected chi connectivity index (χ3v) is 6.98. The van der Waals surface area contributed by atoms with E-state index in [1.54, 1.807) is 47.8 Å². The number of allylic oxidation sites excluding steroid dienone is 1. The molecule has 0 radical (unpaired) electrons. The zero-order valence-corrected chi connectivity index (χ0v) is 21.8. The summed E-state index contributed by atoms with van der Waals surface area (Å²) in [6.45, 7) is 1.71. The van der Waals surface area contributed by atoms with Gasteiger partial charge in [-0.15, -0.1) is 11.3 Å². The Hall–Kier alpha value is -3.64. The average Bonchev–Trinajstić information content (AvgIpc) is 3.48. The Morgan fingerprint density at radius 1 is 1.18 bits per heavy atom. The van der Waals surface area contributed by atoms with Crippen molar-refractivity contribution in [3.05, 3.63) is 69.6 Å². The van der Waals surface area contributed by atoms with E-state index in [-0.39, 0.29) is 30.0 Å². The number of carbonyl (C=O) groups excluding carboxylic acids is 3. The van der Waals surface area contributed by atoms with Crippen molar-refractivity contribution in [2.45, 2.75) is 57.3 Å². The number of carbonyl (C=O) groups is 3.